The molecule has 0 unspecified atom stereocenters. The minimum atomic E-state index is -0.296. The van der Waals surface area contributed by atoms with Crippen LogP contribution in [-0.2, 0) is 11.2 Å². The number of benzene rings is 1. The molecule has 1 aromatic rings. The van der Waals surface area contributed by atoms with Gasteiger partial charge >= 0.3 is 0 Å². The van der Waals surface area contributed by atoms with Crippen molar-refractivity contribution in [1.29, 1.82) is 0 Å². The molecular weight excluding hydrogens is 248 g/mol. The molecule has 0 aliphatic heterocycles. The molecule has 0 fully saturated rings. The molecule has 0 aromatic heterocycles. The van der Waals surface area contributed by atoms with Crippen LogP contribution in [0.3, 0.4) is 0 Å². The van der Waals surface area contributed by atoms with Gasteiger partial charge in [0.25, 0.3) is 0 Å². The molecule has 0 bridgehead atoms. The van der Waals surface area contributed by atoms with Crippen LogP contribution < -0.4 is 10.6 Å². The summed E-state index contributed by atoms with van der Waals surface area (Å²) in [6, 6.07) is 7.73. The van der Waals surface area contributed by atoms with Crippen molar-refractivity contribution < 1.29 is 4.79 Å². The number of halogens is 1. The van der Waals surface area contributed by atoms with Crippen molar-refractivity contribution in [1.82, 2.24) is 10.6 Å². The normalized spacial score (nSPS) is 11.3. The van der Waals surface area contributed by atoms with E-state index >= 15 is 0 Å². The van der Waals surface area contributed by atoms with E-state index in [0.29, 0.717) is 13.0 Å². The Morgan fingerprint density at radius 2 is 2.00 bits per heavy atom. The number of nitrogens with one attached hydrogen (secondary N) is 2. The van der Waals surface area contributed by atoms with Crippen LogP contribution in [0.2, 0.25) is 5.02 Å². The van der Waals surface area contributed by atoms with Gasteiger partial charge in [0.1, 0.15) is 0 Å². The van der Waals surface area contributed by atoms with E-state index in [-0.39, 0.29) is 11.4 Å². The molecule has 1 aromatic carbocycles. The molecule has 0 aliphatic carbocycles. The first-order chi connectivity index (χ1) is 8.44. The second-order valence-electron chi connectivity index (χ2n) is 5.05. The van der Waals surface area contributed by atoms with Gasteiger partial charge in [-0.2, -0.15) is 0 Å². The third-order valence-corrected chi connectivity index (χ3v) is 3.04. The summed E-state index contributed by atoms with van der Waals surface area (Å²) in [5, 5.41) is 6.74. The molecule has 18 heavy (non-hydrogen) atoms. The van der Waals surface area contributed by atoms with E-state index in [1.165, 1.54) is 0 Å². The summed E-state index contributed by atoms with van der Waals surface area (Å²) in [7, 11) is 1.84. The lowest BCUT2D eigenvalue weighted by Crippen LogP contribution is -2.45. The fourth-order valence-electron chi connectivity index (χ4n) is 1.84. The van der Waals surface area contributed by atoms with Crippen molar-refractivity contribution in [2.24, 2.45) is 0 Å². The molecule has 0 radical (unpaired) electrons. The number of carbonyl (C=O) groups is 1. The van der Waals surface area contributed by atoms with Crippen LogP contribution in [-0.4, -0.2) is 25.0 Å². The van der Waals surface area contributed by atoms with Crippen LogP contribution in [0.15, 0.2) is 24.3 Å². The quantitative estimate of drug-likeness (QED) is 0.832. The Kier molecular flexibility index (Phi) is 5.63. The Morgan fingerprint density at radius 1 is 1.33 bits per heavy atom. The standard InChI is InChI=1S/C14H21ClN2O/c1-14(2,17-13(18)8-9-16-3)10-11-6-4-5-7-12(11)15/h4-7,16H,8-10H2,1-3H3,(H,17,18). The molecule has 0 heterocycles. The summed E-state index contributed by atoms with van der Waals surface area (Å²) in [6.45, 7) is 4.70. The van der Waals surface area contributed by atoms with Gasteiger partial charge in [-0.1, -0.05) is 29.8 Å². The lowest BCUT2D eigenvalue weighted by molar-refractivity contribution is -0.122. The van der Waals surface area contributed by atoms with E-state index in [9.17, 15) is 4.79 Å². The largest absolute Gasteiger partial charge is 0.351 e. The minimum Gasteiger partial charge on any atom is -0.351 e. The molecule has 4 heteroatoms. The second-order valence-corrected chi connectivity index (χ2v) is 5.46. The number of rotatable bonds is 6. The smallest absolute Gasteiger partial charge is 0.221 e. The fraction of sp³-hybridized carbons (Fsp3) is 0.500. The number of hydrogen-bond acceptors (Lipinski definition) is 2. The van der Waals surface area contributed by atoms with E-state index in [0.717, 1.165) is 17.0 Å². The van der Waals surface area contributed by atoms with E-state index in [4.69, 9.17) is 11.6 Å². The summed E-state index contributed by atoms with van der Waals surface area (Å²) in [4.78, 5) is 11.7. The van der Waals surface area contributed by atoms with Gasteiger partial charge in [0.15, 0.2) is 0 Å². The molecule has 1 rings (SSSR count). The van der Waals surface area contributed by atoms with Crippen molar-refractivity contribution >= 4 is 17.5 Å². The highest BCUT2D eigenvalue weighted by Gasteiger charge is 2.21. The SMILES string of the molecule is CNCCC(=O)NC(C)(C)Cc1ccccc1Cl. The molecule has 0 saturated heterocycles. The first-order valence-corrected chi connectivity index (χ1v) is 6.51. The molecule has 0 atom stereocenters. The summed E-state index contributed by atoms with van der Waals surface area (Å²) in [5.41, 5.74) is 0.758. The van der Waals surface area contributed by atoms with E-state index in [2.05, 4.69) is 10.6 Å². The lowest BCUT2D eigenvalue weighted by atomic mass is 9.94. The molecule has 0 saturated carbocycles. The number of amides is 1. The monoisotopic (exact) mass is 268 g/mol. The zero-order chi connectivity index (χ0) is 13.6. The summed E-state index contributed by atoms with van der Waals surface area (Å²) in [5.74, 6) is 0.0569. The topological polar surface area (TPSA) is 41.1 Å². The van der Waals surface area contributed by atoms with Gasteiger partial charge in [0.05, 0.1) is 0 Å². The van der Waals surface area contributed by atoms with Gasteiger partial charge in [-0.15, -0.1) is 0 Å². The predicted molar refractivity (Wildman–Crippen MR) is 75.9 cm³/mol. The van der Waals surface area contributed by atoms with Crippen LogP contribution in [0.25, 0.3) is 0 Å². The van der Waals surface area contributed by atoms with E-state index in [1.807, 2.05) is 45.2 Å². The van der Waals surface area contributed by atoms with Crippen LogP contribution >= 0.6 is 11.6 Å². The Bertz CT molecular complexity index is 405. The van der Waals surface area contributed by atoms with Crippen LogP contribution in [0.1, 0.15) is 25.8 Å². The number of hydrogen-bond donors (Lipinski definition) is 2. The lowest BCUT2D eigenvalue weighted by Gasteiger charge is -2.27. The molecular formula is C14H21ClN2O. The highest BCUT2D eigenvalue weighted by molar-refractivity contribution is 6.31. The van der Waals surface area contributed by atoms with Crippen molar-refractivity contribution in [2.75, 3.05) is 13.6 Å². The zero-order valence-corrected chi connectivity index (χ0v) is 12.0. The van der Waals surface area contributed by atoms with Crippen molar-refractivity contribution in [3.05, 3.63) is 34.9 Å². The van der Waals surface area contributed by atoms with Crippen LogP contribution in [0.5, 0.6) is 0 Å². The van der Waals surface area contributed by atoms with Crippen molar-refractivity contribution in [3.63, 3.8) is 0 Å². The highest BCUT2D eigenvalue weighted by atomic mass is 35.5. The first-order valence-electron chi connectivity index (χ1n) is 6.13. The Hall–Kier alpha value is -1.06. The molecule has 1 amide bonds. The maximum absolute atomic E-state index is 11.7. The van der Waals surface area contributed by atoms with Gasteiger partial charge in [-0.25, -0.2) is 0 Å². The number of carbonyl (C=O) groups excluding carboxylic acids is 1. The van der Waals surface area contributed by atoms with Gasteiger partial charge in [0, 0.05) is 23.5 Å². The van der Waals surface area contributed by atoms with Gasteiger partial charge in [-0.05, 0) is 38.9 Å². The minimum absolute atomic E-state index is 0.0569. The Labute approximate surface area is 114 Å². The van der Waals surface area contributed by atoms with Crippen molar-refractivity contribution in [2.45, 2.75) is 32.2 Å². The summed E-state index contributed by atoms with van der Waals surface area (Å²) in [6.07, 6.45) is 1.21. The zero-order valence-electron chi connectivity index (χ0n) is 11.2. The summed E-state index contributed by atoms with van der Waals surface area (Å²) >= 11 is 6.13. The second kappa shape index (κ2) is 6.76. The van der Waals surface area contributed by atoms with E-state index < -0.39 is 0 Å². The maximum atomic E-state index is 11.7. The maximum Gasteiger partial charge on any atom is 0.221 e. The van der Waals surface area contributed by atoms with E-state index in [1.54, 1.807) is 0 Å². The van der Waals surface area contributed by atoms with Gasteiger partial charge < -0.3 is 10.6 Å². The Morgan fingerprint density at radius 3 is 2.61 bits per heavy atom. The fourth-order valence-corrected chi connectivity index (χ4v) is 2.04. The first kappa shape index (κ1) is 15.0. The molecule has 0 spiro atoms. The highest BCUT2D eigenvalue weighted by Crippen LogP contribution is 2.20. The predicted octanol–water partition coefficient (Wildman–Crippen LogP) is 2.39. The van der Waals surface area contributed by atoms with Crippen LogP contribution in [0.4, 0.5) is 0 Å². The average molecular weight is 269 g/mol. The average Bonchev–Trinajstić information content (AvgIpc) is 2.28. The Balaban J connectivity index is 2.59. The third-order valence-electron chi connectivity index (χ3n) is 2.67. The summed E-state index contributed by atoms with van der Waals surface area (Å²) < 4.78 is 0. The molecule has 3 nitrogen and oxygen atoms in total. The van der Waals surface area contributed by atoms with Crippen molar-refractivity contribution in [3.8, 4) is 0 Å². The molecule has 100 valence electrons. The molecule has 0 aliphatic rings. The molecule has 2 N–H and O–H groups in total. The van der Waals surface area contributed by atoms with Gasteiger partial charge in [-0.3, -0.25) is 4.79 Å². The van der Waals surface area contributed by atoms with Crippen LogP contribution in [0, 0.1) is 0 Å². The third kappa shape index (κ3) is 5.07. The van der Waals surface area contributed by atoms with Gasteiger partial charge in [0.2, 0.25) is 5.91 Å².